The van der Waals surface area contributed by atoms with E-state index >= 15 is 0 Å². The number of sulfonamides is 1. The summed E-state index contributed by atoms with van der Waals surface area (Å²) in [6.45, 7) is 0.985. The summed E-state index contributed by atoms with van der Waals surface area (Å²) in [5.74, 6) is -0.311. The highest BCUT2D eigenvalue weighted by Gasteiger charge is 2.33. The van der Waals surface area contributed by atoms with Gasteiger partial charge in [-0.2, -0.15) is 4.31 Å². The number of carbonyl (C=O) groups excluding carboxylic acids is 1. The molecule has 0 aliphatic carbocycles. The summed E-state index contributed by atoms with van der Waals surface area (Å²) in [6, 6.07) is 12.2. The number of nitrogens with one attached hydrogen (secondary N) is 1. The van der Waals surface area contributed by atoms with E-state index in [0.29, 0.717) is 36.7 Å². The lowest BCUT2D eigenvalue weighted by molar-refractivity contribution is -0.125. The molecular weight excluding hydrogens is 435 g/mol. The molecule has 2 aromatic rings. The molecule has 1 N–H and O–H groups in total. The van der Waals surface area contributed by atoms with Crippen LogP contribution in [0.3, 0.4) is 0 Å². The molecule has 3 rings (SSSR count). The van der Waals surface area contributed by atoms with Gasteiger partial charge < -0.3 is 5.32 Å². The predicted molar refractivity (Wildman–Crippen MR) is 113 cm³/mol. The second-order valence-corrected chi connectivity index (χ2v) is 10.3. The number of piperidine rings is 1. The number of hydrogen-bond acceptors (Lipinski definition) is 4. The quantitative estimate of drug-likeness (QED) is 0.508. The fourth-order valence-electron chi connectivity index (χ4n) is 3.15. The maximum absolute atomic E-state index is 13.1. The highest BCUT2D eigenvalue weighted by molar-refractivity contribution is 7.99. The Hall–Kier alpha value is -1.61. The first-order chi connectivity index (χ1) is 13.9. The zero-order chi connectivity index (χ0) is 20.9. The molecule has 156 valence electrons. The van der Waals surface area contributed by atoms with Gasteiger partial charge in [-0.3, -0.25) is 4.79 Å². The van der Waals surface area contributed by atoms with Gasteiger partial charge in [-0.15, -0.1) is 11.8 Å². The zero-order valence-corrected chi connectivity index (χ0v) is 18.1. The van der Waals surface area contributed by atoms with Gasteiger partial charge in [-0.1, -0.05) is 11.6 Å². The smallest absolute Gasteiger partial charge is 0.243 e. The zero-order valence-electron chi connectivity index (χ0n) is 15.7. The van der Waals surface area contributed by atoms with Crippen LogP contribution < -0.4 is 5.32 Å². The van der Waals surface area contributed by atoms with Crippen LogP contribution in [-0.4, -0.2) is 44.0 Å². The number of halogens is 2. The van der Waals surface area contributed by atoms with Crippen LogP contribution in [0.4, 0.5) is 4.39 Å². The first kappa shape index (κ1) is 22.1. The van der Waals surface area contributed by atoms with Crippen LogP contribution in [0.1, 0.15) is 12.8 Å². The van der Waals surface area contributed by atoms with Crippen molar-refractivity contribution in [3.05, 3.63) is 59.4 Å². The number of carbonyl (C=O) groups is 1. The molecule has 9 heteroatoms. The minimum atomic E-state index is -3.74. The summed E-state index contributed by atoms with van der Waals surface area (Å²) in [6.07, 6.45) is 1.25. The van der Waals surface area contributed by atoms with E-state index in [1.165, 1.54) is 16.4 Å². The van der Waals surface area contributed by atoms with E-state index in [-0.39, 0.29) is 23.3 Å². The van der Waals surface area contributed by atoms with E-state index in [0.717, 1.165) is 17.0 Å². The molecule has 0 saturated carbocycles. The fraction of sp³-hybridized carbons (Fsp3) is 0.350. The Morgan fingerprint density at radius 2 is 1.86 bits per heavy atom. The van der Waals surface area contributed by atoms with E-state index in [1.807, 2.05) is 24.3 Å². The molecule has 0 unspecified atom stereocenters. The average Bonchev–Trinajstić information content (AvgIpc) is 2.73. The molecule has 1 atom stereocenters. The summed E-state index contributed by atoms with van der Waals surface area (Å²) in [5.41, 5.74) is 0. The third kappa shape index (κ3) is 5.94. The van der Waals surface area contributed by atoms with Crippen LogP contribution in [0.15, 0.2) is 58.3 Å². The van der Waals surface area contributed by atoms with Crippen molar-refractivity contribution in [3.63, 3.8) is 0 Å². The van der Waals surface area contributed by atoms with Gasteiger partial charge in [0.1, 0.15) is 5.82 Å². The topological polar surface area (TPSA) is 66.5 Å². The molecule has 1 aliphatic rings. The number of rotatable bonds is 7. The standard InChI is InChI=1S/C20H22ClFN2O3S2/c21-16-3-7-18(8-4-16)28-13-11-23-20(25)15-2-1-12-24(14-15)29(26,27)19-9-5-17(22)6-10-19/h3-10,15H,1-2,11-14H2,(H,23,25)/t15-/m0/s1. The summed E-state index contributed by atoms with van der Waals surface area (Å²) >= 11 is 7.47. The Labute approximate surface area is 179 Å². The van der Waals surface area contributed by atoms with Crippen LogP contribution in [0, 0.1) is 11.7 Å². The molecule has 2 aromatic carbocycles. The van der Waals surface area contributed by atoms with Crippen molar-refractivity contribution in [2.75, 3.05) is 25.4 Å². The summed E-state index contributed by atoms with van der Waals surface area (Å²) in [5, 5.41) is 3.58. The van der Waals surface area contributed by atoms with Crippen LogP contribution in [0.5, 0.6) is 0 Å². The molecule has 29 heavy (non-hydrogen) atoms. The monoisotopic (exact) mass is 456 g/mol. The second kappa shape index (κ2) is 9.93. The Morgan fingerprint density at radius 3 is 2.55 bits per heavy atom. The lowest BCUT2D eigenvalue weighted by Gasteiger charge is -2.31. The maximum atomic E-state index is 13.1. The maximum Gasteiger partial charge on any atom is 0.243 e. The average molecular weight is 457 g/mol. The highest BCUT2D eigenvalue weighted by atomic mass is 35.5. The highest BCUT2D eigenvalue weighted by Crippen LogP contribution is 2.24. The van der Waals surface area contributed by atoms with Gasteiger partial charge in [0, 0.05) is 35.3 Å². The third-order valence-corrected chi connectivity index (χ3v) is 7.84. The van der Waals surface area contributed by atoms with Gasteiger partial charge in [0.05, 0.1) is 10.8 Å². The molecule has 1 fully saturated rings. The molecule has 1 amide bonds. The minimum absolute atomic E-state index is 0.0410. The lowest BCUT2D eigenvalue weighted by atomic mass is 9.99. The first-order valence-corrected chi connectivity index (χ1v) is 12.1. The van der Waals surface area contributed by atoms with Crippen molar-refractivity contribution in [1.82, 2.24) is 9.62 Å². The third-order valence-electron chi connectivity index (χ3n) is 4.69. The van der Waals surface area contributed by atoms with Crippen molar-refractivity contribution in [3.8, 4) is 0 Å². The Balaban J connectivity index is 1.51. The Bertz CT molecular complexity index is 937. The molecule has 1 heterocycles. The van der Waals surface area contributed by atoms with Crippen molar-refractivity contribution in [2.45, 2.75) is 22.6 Å². The molecule has 5 nitrogen and oxygen atoms in total. The molecule has 0 radical (unpaired) electrons. The van der Waals surface area contributed by atoms with Crippen LogP contribution in [-0.2, 0) is 14.8 Å². The normalized spacial score (nSPS) is 17.8. The molecular formula is C20H22ClFN2O3S2. The molecule has 0 spiro atoms. The fourth-order valence-corrected chi connectivity index (χ4v) is 5.57. The molecule has 0 aromatic heterocycles. The van der Waals surface area contributed by atoms with Crippen LogP contribution in [0.2, 0.25) is 5.02 Å². The van der Waals surface area contributed by atoms with Gasteiger partial charge in [0.25, 0.3) is 0 Å². The van der Waals surface area contributed by atoms with E-state index in [9.17, 15) is 17.6 Å². The summed E-state index contributed by atoms with van der Waals surface area (Å²) < 4.78 is 39.9. The SMILES string of the molecule is O=C(NCCSc1ccc(Cl)cc1)[C@H]1CCCN(S(=O)(=O)c2ccc(F)cc2)C1. The van der Waals surface area contributed by atoms with E-state index in [4.69, 9.17) is 11.6 Å². The van der Waals surface area contributed by atoms with Gasteiger partial charge in [0.2, 0.25) is 15.9 Å². The number of hydrogen-bond donors (Lipinski definition) is 1. The van der Waals surface area contributed by atoms with E-state index < -0.39 is 15.8 Å². The Kier molecular flexibility index (Phi) is 7.56. The van der Waals surface area contributed by atoms with Crippen molar-refractivity contribution in [1.29, 1.82) is 0 Å². The van der Waals surface area contributed by atoms with E-state index in [2.05, 4.69) is 5.32 Å². The van der Waals surface area contributed by atoms with E-state index in [1.54, 1.807) is 11.8 Å². The molecule has 1 saturated heterocycles. The number of nitrogens with zero attached hydrogens (tertiary/aromatic N) is 1. The summed E-state index contributed by atoms with van der Waals surface area (Å²) in [4.78, 5) is 13.6. The first-order valence-electron chi connectivity index (χ1n) is 9.28. The number of amides is 1. The predicted octanol–water partition coefficient (Wildman–Crippen LogP) is 3.79. The number of thioether (sulfide) groups is 1. The van der Waals surface area contributed by atoms with Crippen molar-refractivity contribution >= 4 is 39.3 Å². The molecule has 1 aliphatic heterocycles. The van der Waals surface area contributed by atoms with Crippen LogP contribution >= 0.6 is 23.4 Å². The van der Waals surface area contributed by atoms with Crippen molar-refractivity contribution < 1.29 is 17.6 Å². The van der Waals surface area contributed by atoms with Crippen molar-refractivity contribution in [2.24, 2.45) is 5.92 Å². The van der Waals surface area contributed by atoms with Gasteiger partial charge in [-0.25, -0.2) is 12.8 Å². The molecule has 0 bridgehead atoms. The van der Waals surface area contributed by atoms with Crippen LogP contribution in [0.25, 0.3) is 0 Å². The second-order valence-electron chi connectivity index (χ2n) is 6.75. The Morgan fingerprint density at radius 1 is 1.17 bits per heavy atom. The minimum Gasteiger partial charge on any atom is -0.355 e. The van der Waals surface area contributed by atoms with Gasteiger partial charge in [0.15, 0.2) is 0 Å². The van der Waals surface area contributed by atoms with Gasteiger partial charge >= 0.3 is 0 Å². The van der Waals surface area contributed by atoms with Gasteiger partial charge in [-0.05, 0) is 61.4 Å². The largest absolute Gasteiger partial charge is 0.355 e. The summed E-state index contributed by atoms with van der Waals surface area (Å²) in [7, 11) is -3.74. The lowest BCUT2D eigenvalue weighted by Crippen LogP contribution is -2.45. The number of benzene rings is 2.